The Hall–Kier alpha value is -2.34. The molecule has 0 amide bonds. The second-order valence-corrected chi connectivity index (χ2v) is 7.91. The average molecular weight is 361 g/mol. The molecule has 0 radical (unpaired) electrons. The minimum absolute atomic E-state index is 0.116. The fraction of sp³-hybridized carbons (Fsp3) is 0.316. The number of Topliss-reactive ketones (excluding diaryl/α,β-unsaturated/α-hetero) is 1. The number of anilines is 1. The first-order valence-corrected chi connectivity index (χ1v) is 9.46. The first-order valence-electron chi connectivity index (χ1n) is 7.98. The molecule has 0 aromatic heterocycles. The highest BCUT2D eigenvalue weighted by Crippen LogP contribution is 2.32. The van der Waals surface area contributed by atoms with E-state index >= 15 is 0 Å². The summed E-state index contributed by atoms with van der Waals surface area (Å²) >= 11 is 0. The van der Waals surface area contributed by atoms with Crippen LogP contribution in [0.2, 0.25) is 0 Å². The standard InChI is InChI=1S/C19H23NO4S/c1-12(2)17-11-19(13(3)9-18(17)24-5)25(22,23)20-16-8-6-7-15(10-16)14(4)21/h6-12,20H,1-5H3. The first kappa shape index (κ1) is 19.0. The molecule has 0 bridgehead atoms. The smallest absolute Gasteiger partial charge is 0.262 e. The van der Waals surface area contributed by atoms with Crippen molar-refractivity contribution in [3.05, 3.63) is 53.1 Å². The number of carbonyl (C=O) groups is 1. The Labute approximate surface area is 149 Å². The summed E-state index contributed by atoms with van der Waals surface area (Å²) in [6, 6.07) is 9.82. The maximum Gasteiger partial charge on any atom is 0.262 e. The molecule has 0 heterocycles. The van der Waals surface area contributed by atoms with Gasteiger partial charge in [0.25, 0.3) is 10.0 Å². The summed E-state index contributed by atoms with van der Waals surface area (Å²) in [5.41, 5.74) is 2.23. The SMILES string of the molecule is COc1cc(C)c(S(=O)(=O)Nc2cccc(C(C)=O)c2)cc1C(C)C. The lowest BCUT2D eigenvalue weighted by molar-refractivity contribution is 0.101. The molecule has 134 valence electrons. The number of ketones is 1. The van der Waals surface area contributed by atoms with Crippen LogP contribution >= 0.6 is 0 Å². The molecule has 0 aliphatic rings. The van der Waals surface area contributed by atoms with Crippen molar-refractivity contribution in [2.45, 2.75) is 38.5 Å². The molecule has 0 spiro atoms. The number of methoxy groups -OCH3 is 1. The molecule has 0 fully saturated rings. The molecule has 5 nitrogen and oxygen atoms in total. The van der Waals surface area contributed by atoms with Gasteiger partial charge in [-0.15, -0.1) is 0 Å². The van der Waals surface area contributed by atoms with Crippen LogP contribution in [0.15, 0.2) is 41.3 Å². The van der Waals surface area contributed by atoms with Crippen LogP contribution in [0.1, 0.15) is 48.2 Å². The van der Waals surface area contributed by atoms with E-state index in [0.717, 1.165) is 5.56 Å². The van der Waals surface area contributed by atoms with E-state index in [1.165, 1.54) is 13.0 Å². The highest BCUT2D eigenvalue weighted by Gasteiger charge is 2.21. The van der Waals surface area contributed by atoms with Crippen LogP contribution < -0.4 is 9.46 Å². The summed E-state index contributed by atoms with van der Waals surface area (Å²) in [5.74, 6) is 0.666. The molecule has 25 heavy (non-hydrogen) atoms. The fourth-order valence-electron chi connectivity index (χ4n) is 2.61. The molecule has 1 N–H and O–H groups in total. The molecule has 0 unspecified atom stereocenters. The topological polar surface area (TPSA) is 72.5 Å². The zero-order valence-corrected chi connectivity index (χ0v) is 15.9. The minimum Gasteiger partial charge on any atom is -0.496 e. The average Bonchev–Trinajstić information content (AvgIpc) is 2.53. The lowest BCUT2D eigenvalue weighted by atomic mass is 10.0. The van der Waals surface area contributed by atoms with Gasteiger partial charge >= 0.3 is 0 Å². The van der Waals surface area contributed by atoms with Gasteiger partial charge in [0.2, 0.25) is 0 Å². The van der Waals surface area contributed by atoms with Gasteiger partial charge in [-0.2, -0.15) is 0 Å². The Morgan fingerprint density at radius 2 is 1.84 bits per heavy atom. The number of aryl methyl sites for hydroxylation is 1. The number of rotatable bonds is 6. The Morgan fingerprint density at radius 3 is 2.40 bits per heavy atom. The second-order valence-electron chi connectivity index (χ2n) is 6.26. The van der Waals surface area contributed by atoms with E-state index < -0.39 is 10.0 Å². The molecule has 0 atom stereocenters. The summed E-state index contributed by atoms with van der Waals surface area (Å²) in [6.07, 6.45) is 0. The zero-order valence-electron chi connectivity index (χ0n) is 15.1. The number of carbonyl (C=O) groups excluding carboxylic acids is 1. The van der Waals surface area contributed by atoms with Crippen molar-refractivity contribution in [1.82, 2.24) is 0 Å². The van der Waals surface area contributed by atoms with Crippen molar-refractivity contribution in [2.24, 2.45) is 0 Å². The number of ether oxygens (including phenoxy) is 1. The highest BCUT2D eigenvalue weighted by atomic mass is 32.2. The summed E-state index contributed by atoms with van der Waals surface area (Å²) in [6.45, 7) is 7.13. The van der Waals surface area contributed by atoms with Crippen molar-refractivity contribution in [3.8, 4) is 5.75 Å². The zero-order chi connectivity index (χ0) is 18.8. The normalized spacial score (nSPS) is 11.4. The second kappa shape index (κ2) is 7.27. The van der Waals surface area contributed by atoms with Crippen molar-refractivity contribution in [2.75, 3.05) is 11.8 Å². The van der Waals surface area contributed by atoms with Gasteiger partial charge < -0.3 is 4.74 Å². The van der Waals surface area contributed by atoms with Crippen molar-refractivity contribution in [3.63, 3.8) is 0 Å². The van der Waals surface area contributed by atoms with E-state index in [2.05, 4.69) is 4.72 Å². The Bertz CT molecular complexity index is 902. The third kappa shape index (κ3) is 4.20. The molecule has 2 rings (SSSR count). The van der Waals surface area contributed by atoms with Gasteiger partial charge in [-0.25, -0.2) is 8.42 Å². The number of benzene rings is 2. The van der Waals surface area contributed by atoms with E-state index in [4.69, 9.17) is 4.74 Å². The molecule has 0 aliphatic heterocycles. The molecule has 0 saturated carbocycles. The van der Waals surface area contributed by atoms with E-state index in [9.17, 15) is 13.2 Å². The van der Waals surface area contributed by atoms with Crippen molar-refractivity contribution < 1.29 is 17.9 Å². The number of hydrogen-bond donors (Lipinski definition) is 1. The Morgan fingerprint density at radius 1 is 1.16 bits per heavy atom. The molecule has 0 saturated heterocycles. The van der Waals surface area contributed by atoms with Crippen LogP contribution in [0.3, 0.4) is 0 Å². The third-order valence-electron chi connectivity index (χ3n) is 3.96. The van der Waals surface area contributed by atoms with Crippen LogP contribution in [0, 0.1) is 6.92 Å². The van der Waals surface area contributed by atoms with E-state index in [-0.39, 0.29) is 16.6 Å². The summed E-state index contributed by atoms with van der Waals surface area (Å²) in [7, 11) is -2.21. The van der Waals surface area contributed by atoms with Crippen LogP contribution in [0.4, 0.5) is 5.69 Å². The van der Waals surface area contributed by atoms with E-state index in [0.29, 0.717) is 22.6 Å². The first-order chi connectivity index (χ1) is 11.7. The van der Waals surface area contributed by atoms with Gasteiger partial charge in [0.1, 0.15) is 5.75 Å². The van der Waals surface area contributed by atoms with Crippen molar-refractivity contribution in [1.29, 1.82) is 0 Å². The number of sulfonamides is 1. The molecule has 2 aromatic rings. The van der Waals surface area contributed by atoms with Crippen LogP contribution in [-0.2, 0) is 10.0 Å². The van der Waals surface area contributed by atoms with Crippen LogP contribution in [0.25, 0.3) is 0 Å². The Balaban J connectivity index is 2.48. The van der Waals surface area contributed by atoms with Gasteiger partial charge in [-0.3, -0.25) is 9.52 Å². The lowest BCUT2D eigenvalue weighted by Crippen LogP contribution is -2.15. The molecular formula is C19H23NO4S. The maximum absolute atomic E-state index is 12.8. The monoisotopic (exact) mass is 361 g/mol. The molecular weight excluding hydrogens is 338 g/mol. The predicted octanol–water partition coefficient (Wildman–Crippen LogP) is 4.13. The lowest BCUT2D eigenvalue weighted by Gasteiger charge is -2.17. The van der Waals surface area contributed by atoms with Crippen molar-refractivity contribution >= 4 is 21.5 Å². The maximum atomic E-state index is 12.8. The summed E-state index contributed by atoms with van der Waals surface area (Å²) in [4.78, 5) is 11.7. The highest BCUT2D eigenvalue weighted by molar-refractivity contribution is 7.92. The molecule has 6 heteroatoms. The number of nitrogens with one attached hydrogen (secondary N) is 1. The van der Waals surface area contributed by atoms with Gasteiger partial charge in [-0.1, -0.05) is 26.0 Å². The van der Waals surface area contributed by atoms with E-state index in [1.807, 2.05) is 13.8 Å². The van der Waals surface area contributed by atoms with Gasteiger partial charge in [-0.05, 0) is 55.2 Å². The number of hydrogen-bond acceptors (Lipinski definition) is 4. The fourth-order valence-corrected chi connectivity index (χ4v) is 3.92. The van der Waals surface area contributed by atoms with Crippen LogP contribution in [0.5, 0.6) is 5.75 Å². The van der Waals surface area contributed by atoms with E-state index in [1.54, 1.807) is 44.4 Å². The molecule has 2 aromatic carbocycles. The summed E-state index contributed by atoms with van der Waals surface area (Å²) < 4.78 is 33.6. The Kier molecular flexibility index (Phi) is 5.52. The van der Waals surface area contributed by atoms with Gasteiger partial charge in [0.15, 0.2) is 5.78 Å². The summed E-state index contributed by atoms with van der Waals surface area (Å²) in [5, 5.41) is 0. The van der Waals surface area contributed by atoms with Gasteiger partial charge in [0, 0.05) is 11.3 Å². The predicted molar refractivity (Wildman–Crippen MR) is 99.1 cm³/mol. The van der Waals surface area contributed by atoms with Crippen LogP contribution in [-0.4, -0.2) is 21.3 Å². The molecule has 0 aliphatic carbocycles. The third-order valence-corrected chi connectivity index (χ3v) is 5.48. The quantitative estimate of drug-likeness (QED) is 0.785. The van der Waals surface area contributed by atoms with Gasteiger partial charge in [0.05, 0.1) is 12.0 Å². The largest absolute Gasteiger partial charge is 0.496 e. The minimum atomic E-state index is -3.78.